The monoisotopic (exact) mass is 1080 g/mol. The maximum absolute atomic E-state index is 14.6. The fourth-order valence-corrected chi connectivity index (χ4v) is 12.1. The summed E-state index contributed by atoms with van der Waals surface area (Å²) in [5.74, 6) is -3.92. The van der Waals surface area contributed by atoms with E-state index < -0.39 is 107 Å². The van der Waals surface area contributed by atoms with Crippen molar-refractivity contribution in [3.63, 3.8) is 0 Å². The van der Waals surface area contributed by atoms with Gasteiger partial charge in [-0.2, -0.15) is 0 Å². The number of nitrogens with zero attached hydrogens (tertiary/aromatic N) is 3. The third-order valence-electron chi connectivity index (χ3n) is 16.6. The number of esters is 1. The van der Waals surface area contributed by atoms with Gasteiger partial charge in [-0.1, -0.05) is 26.8 Å². The standard InChI is InChI=1S/C57H95N3O16/c1-16-44-57(11,68)49(63)37(7)59(14)31-33(3)29-55(9,67)50(76-54-47(62)43(58(12)13)27-34(4)72-54)35(5)48(36(6)53(66)74-44)75-45-30-56(10,69-15)51(38(8)73-45)71-26-20-25-70-24-19-18-21-39-22-23-42-40(28-39)46(61)41(52(64)65)32-60(42)17-2/h22-23,28,32-38,43-45,47-51,54,62-63,67-68H,16-21,24-27,29-31H2,1-15H3,(H,64,65)/t33-,34-,35+,36-,37-,38+,43+,44-,45+,47-,48+,49-,50-,51+,54+,55-,56-,57-/m1/s1. The highest BCUT2D eigenvalue weighted by atomic mass is 16.7. The number of aromatic carboxylic acids is 1. The number of hydrogen-bond donors (Lipinski definition) is 5. The van der Waals surface area contributed by atoms with Crippen molar-refractivity contribution in [3.05, 3.63) is 45.7 Å². The average Bonchev–Trinajstić information content (AvgIpc) is 3.35. The van der Waals surface area contributed by atoms with Crippen LogP contribution in [0.3, 0.4) is 0 Å². The second-order valence-corrected chi connectivity index (χ2v) is 23.2. The first kappa shape index (κ1) is 63.7. The predicted molar refractivity (Wildman–Crippen MR) is 287 cm³/mol. The van der Waals surface area contributed by atoms with Crippen molar-refractivity contribution in [2.45, 2.75) is 224 Å². The molecule has 1 aromatic carbocycles. The van der Waals surface area contributed by atoms with Gasteiger partial charge in [0.1, 0.15) is 35.6 Å². The lowest BCUT2D eigenvalue weighted by molar-refractivity contribution is -0.320. The van der Waals surface area contributed by atoms with Crippen molar-refractivity contribution >= 4 is 22.8 Å². The number of carboxylic acid groups (broad SMARTS) is 1. The minimum absolute atomic E-state index is 0.172. The van der Waals surface area contributed by atoms with Crippen molar-refractivity contribution in [3.8, 4) is 0 Å². The number of cyclic esters (lactones) is 1. The Morgan fingerprint density at radius 1 is 0.908 bits per heavy atom. The molecule has 76 heavy (non-hydrogen) atoms. The molecule has 5 rings (SSSR count). The van der Waals surface area contributed by atoms with Gasteiger partial charge in [0.05, 0.1) is 47.1 Å². The van der Waals surface area contributed by atoms with Crippen LogP contribution in [-0.4, -0.2) is 197 Å². The van der Waals surface area contributed by atoms with Crippen molar-refractivity contribution < 1.29 is 73.0 Å². The molecule has 434 valence electrons. The van der Waals surface area contributed by atoms with Crippen LogP contribution in [0.1, 0.15) is 137 Å². The van der Waals surface area contributed by atoms with Gasteiger partial charge in [-0.3, -0.25) is 9.59 Å². The molecule has 0 spiro atoms. The van der Waals surface area contributed by atoms with E-state index in [0.29, 0.717) is 63.1 Å². The van der Waals surface area contributed by atoms with Crippen LogP contribution in [0.2, 0.25) is 0 Å². The summed E-state index contributed by atoms with van der Waals surface area (Å²) in [6, 6.07) is 4.79. The number of benzene rings is 1. The molecule has 18 atom stereocenters. The Hall–Kier alpha value is -3.15. The molecular formula is C57H95N3O16. The summed E-state index contributed by atoms with van der Waals surface area (Å²) in [4.78, 5) is 43.1. The highest BCUT2D eigenvalue weighted by Gasteiger charge is 2.53. The summed E-state index contributed by atoms with van der Waals surface area (Å²) in [5, 5.41) is 58.1. The maximum atomic E-state index is 14.6. The highest BCUT2D eigenvalue weighted by molar-refractivity contribution is 5.92. The molecule has 0 saturated carbocycles. The van der Waals surface area contributed by atoms with Crippen LogP contribution in [0.15, 0.2) is 29.2 Å². The average molecular weight is 1080 g/mol. The van der Waals surface area contributed by atoms with Gasteiger partial charge in [0.2, 0.25) is 5.43 Å². The van der Waals surface area contributed by atoms with Crippen molar-refractivity contribution in [2.75, 3.05) is 54.6 Å². The SMILES string of the molecule is CC[C@H]1OC(=O)[C@H](C)[C@@H](O[C@H]2C[C@@](C)(OC)[C@@H](OCCCOCCCCc3ccc4c(c3)c(=O)c(C(=O)O)cn4CC)[C@H](C)O2)[C@H](C)[C@@H](O[C@@H]2O[C@H](C)C[C@H](N(C)C)[C@H]2O)[C@](C)(O)C[C@@H](C)CN(C)[C@H](C)[C@@H](O)[C@]1(C)O. The number of carboxylic acids is 1. The molecule has 0 aliphatic carbocycles. The van der Waals surface area contributed by atoms with Crippen LogP contribution in [0, 0.1) is 17.8 Å². The van der Waals surface area contributed by atoms with Gasteiger partial charge in [0.15, 0.2) is 12.6 Å². The molecule has 0 amide bonds. The second-order valence-electron chi connectivity index (χ2n) is 23.2. The number of methoxy groups -OCH3 is 1. The lowest BCUT2D eigenvalue weighted by Gasteiger charge is -2.49. The number of unbranched alkanes of at least 4 members (excludes halogenated alkanes) is 1. The molecule has 0 unspecified atom stereocenters. The Bertz CT molecular complexity index is 2240. The number of aryl methyl sites for hydroxylation is 2. The minimum Gasteiger partial charge on any atom is -0.477 e. The summed E-state index contributed by atoms with van der Waals surface area (Å²) >= 11 is 0. The summed E-state index contributed by atoms with van der Waals surface area (Å²) in [6.45, 7) is 22.2. The molecule has 1 aromatic heterocycles. The van der Waals surface area contributed by atoms with Crippen LogP contribution in [0.5, 0.6) is 0 Å². The van der Waals surface area contributed by atoms with E-state index in [1.807, 2.05) is 84.6 Å². The Morgan fingerprint density at radius 3 is 2.22 bits per heavy atom. The molecule has 19 nitrogen and oxygen atoms in total. The molecule has 0 bridgehead atoms. The van der Waals surface area contributed by atoms with Crippen LogP contribution < -0.4 is 5.43 Å². The van der Waals surface area contributed by atoms with Gasteiger partial charge in [0, 0.05) is 76.0 Å². The zero-order valence-electron chi connectivity index (χ0n) is 48.2. The van der Waals surface area contributed by atoms with E-state index in [1.54, 1.807) is 45.4 Å². The summed E-state index contributed by atoms with van der Waals surface area (Å²) in [7, 11) is 7.23. The Kier molecular flexibility index (Phi) is 22.9. The van der Waals surface area contributed by atoms with E-state index in [-0.39, 0.29) is 42.9 Å². The summed E-state index contributed by atoms with van der Waals surface area (Å²) in [6.07, 6.45) is -3.53. The molecule has 3 aliphatic heterocycles. The number of aliphatic hydroxyl groups is 4. The first-order valence-electron chi connectivity index (χ1n) is 27.8. The van der Waals surface area contributed by atoms with E-state index in [2.05, 4.69) is 0 Å². The van der Waals surface area contributed by atoms with Crippen molar-refractivity contribution in [1.29, 1.82) is 0 Å². The molecule has 5 N–H and O–H groups in total. The second kappa shape index (κ2) is 27.3. The summed E-state index contributed by atoms with van der Waals surface area (Å²) < 4.78 is 53.3. The van der Waals surface area contributed by atoms with Gasteiger partial charge in [-0.25, -0.2) is 4.79 Å². The number of carbonyl (C=O) groups is 2. The van der Waals surface area contributed by atoms with E-state index in [9.17, 15) is 39.9 Å². The smallest absolute Gasteiger partial charge is 0.341 e. The first-order chi connectivity index (χ1) is 35.6. The number of rotatable bonds is 19. The van der Waals surface area contributed by atoms with Gasteiger partial charge in [-0.05, 0) is 145 Å². The van der Waals surface area contributed by atoms with E-state index >= 15 is 0 Å². The highest BCUT2D eigenvalue weighted by Crippen LogP contribution is 2.41. The third-order valence-corrected chi connectivity index (χ3v) is 16.6. The Balaban J connectivity index is 1.29. The molecule has 3 saturated heterocycles. The van der Waals surface area contributed by atoms with Crippen LogP contribution in [-0.2, 0) is 55.7 Å². The number of carbonyl (C=O) groups excluding carboxylic acids is 1. The molecule has 0 radical (unpaired) electrons. The van der Waals surface area contributed by atoms with E-state index in [1.165, 1.54) is 13.1 Å². The number of hydrogen-bond acceptors (Lipinski definition) is 17. The molecular weight excluding hydrogens is 983 g/mol. The lowest BCUT2D eigenvalue weighted by Crippen LogP contribution is -2.61. The molecule has 3 aliphatic rings. The number of aliphatic hydroxyl groups excluding tert-OH is 2. The van der Waals surface area contributed by atoms with Crippen LogP contribution >= 0.6 is 0 Å². The fraction of sp³-hybridized carbons (Fsp3) is 0.807. The van der Waals surface area contributed by atoms with Crippen LogP contribution in [0.4, 0.5) is 0 Å². The van der Waals surface area contributed by atoms with E-state index in [0.717, 1.165) is 18.4 Å². The number of ether oxygens (including phenoxy) is 8. The van der Waals surface area contributed by atoms with E-state index in [4.69, 9.17) is 37.9 Å². The molecule has 19 heteroatoms. The van der Waals surface area contributed by atoms with Gasteiger partial charge in [0.25, 0.3) is 0 Å². The number of pyridine rings is 1. The molecule has 3 fully saturated rings. The zero-order chi connectivity index (χ0) is 56.6. The largest absolute Gasteiger partial charge is 0.477 e. The minimum atomic E-state index is -1.83. The first-order valence-corrected chi connectivity index (χ1v) is 27.8. The molecule has 4 heterocycles. The quantitative estimate of drug-likeness (QED) is 0.0876. The normalized spacial score (nSPS) is 37.7. The van der Waals surface area contributed by atoms with Crippen molar-refractivity contribution in [1.82, 2.24) is 14.4 Å². The van der Waals surface area contributed by atoms with Crippen LogP contribution in [0.25, 0.3) is 10.9 Å². The van der Waals surface area contributed by atoms with Gasteiger partial charge >= 0.3 is 11.9 Å². The number of likely N-dealkylation sites (N-methyl/N-ethyl adjacent to an activating group) is 2. The van der Waals surface area contributed by atoms with Gasteiger partial charge < -0.3 is 77.8 Å². The molecule has 2 aromatic rings. The topological polar surface area (TPSA) is 238 Å². The third kappa shape index (κ3) is 15.2. The zero-order valence-corrected chi connectivity index (χ0v) is 48.2. The number of fused-ring (bicyclic) bond motifs is 1. The Labute approximate surface area is 451 Å². The summed E-state index contributed by atoms with van der Waals surface area (Å²) in [5.41, 5.74) is -3.40. The maximum Gasteiger partial charge on any atom is 0.341 e. The lowest BCUT2D eigenvalue weighted by atomic mass is 9.77. The Morgan fingerprint density at radius 2 is 1.59 bits per heavy atom. The van der Waals surface area contributed by atoms with Crippen molar-refractivity contribution in [2.24, 2.45) is 17.8 Å². The predicted octanol–water partition coefficient (Wildman–Crippen LogP) is 5.39. The number of aromatic nitrogens is 1. The van der Waals surface area contributed by atoms with Gasteiger partial charge in [-0.15, -0.1) is 0 Å². The fourth-order valence-electron chi connectivity index (χ4n) is 12.1.